The van der Waals surface area contributed by atoms with Gasteiger partial charge < -0.3 is 10.1 Å². The molecule has 0 aliphatic rings. The lowest BCUT2D eigenvalue weighted by Crippen LogP contribution is -2.38. The maximum absolute atomic E-state index is 6.07. The summed E-state index contributed by atoms with van der Waals surface area (Å²) >= 11 is 0. The van der Waals surface area contributed by atoms with Gasteiger partial charge in [-0.1, -0.05) is 84.9 Å². The topological polar surface area (TPSA) is 21.3 Å². The first kappa shape index (κ1) is 17.0. The summed E-state index contributed by atoms with van der Waals surface area (Å²) in [5.74, 6) is 0. The third kappa shape index (κ3) is 4.37. The predicted molar refractivity (Wildman–Crippen MR) is 104 cm³/mol. The molecule has 1 atom stereocenters. The second-order valence-corrected chi connectivity index (χ2v) is 6.01. The number of hydrogen-bond acceptors (Lipinski definition) is 2. The minimum absolute atomic E-state index is 0.489. The van der Waals surface area contributed by atoms with Crippen LogP contribution in [0.2, 0.25) is 0 Å². The summed E-state index contributed by atoms with van der Waals surface area (Å²) in [5, 5.41) is 3.60. The maximum Gasteiger partial charge on any atom is 0.104 e. The molecule has 2 nitrogen and oxygen atoms in total. The van der Waals surface area contributed by atoms with Crippen LogP contribution >= 0.6 is 0 Å². The van der Waals surface area contributed by atoms with Crippen molar-refractivity contribution in [3.05, 3.63) is 115 Å². The molecule has 0 spiro atoms. The van der Waals surface area contributed by atoms with E-state index in [-0.39, 0.29) is 0 Å². The van der Waals surface area contributed by atoms with Crippen molar-refractivity contribution in [1.82, 2.24) is 0 Å². The van der Waals surface area contributed by atoms with Gasteiger partial charge in [-0.25, -0.2) is 0 Å². The molecule has 0 radical (unpaired) electrons. The van der Waals surface area contributed by atoms with Gasteiger partial charge in [-0.15, -0.1) is 6.58 Å². The number of ether oxygens (including phenoxy) is 1. The average Bonchev–Trinajstić information content (AvgIpc) is 2.69. The lowest BCUT2D eigenvalue weighted by molar-refractivity contribution is 0.0937. The molecule has 3 aromatic rings. The molecule has 2 heteroatoms. The molecule has 0 amide bonds. The number of nitrogens with one attached hydrogen (secondary N) is 1. The SMILES string of the molecule is C=C[C@](COCc1ccccc1)(Nc1ccccc1)c1ccccc1. The Kier molecular flexibility index (Phi) is 5.65. The fourth-order valence-electron chi connectivity index (χ4n) is 2.84. The van der Waals surface area contributed by atoms with Crippen molar-refractivity contribution in [3.8, 4) is 0 Å². The molecule has 0 saturated heterocycles. The summed E-state index contributed by atoms with van der Waals surface area (Å²) in [7, 11) is 0. The summed E-state index contributed by atoms with van der Waals surface area (Å²) in [6.07, 6.45) is 1.93. The Bertz CT molecular complexity index is 771. The van der Waals surface area contributed by atoms with Crippen LogP contribution in [-0.4, -0.2) is 6.61 Å². The lowest BCUT2D eigenvalue weighted by Gasteiger charge is -2.33. The normalized spacial score (nSPS) is 13.0. The van der Waals surface area contributed by atoms with Crippen LogP contribution in [0, 0.1) is 0 Å². The summed E-state index contributed by atoms with van der Waals surface area (Å²) in [4.78, 5) is 0. The van der Waals surface area contributed by atoms with Crippen LogP contribution in [0.25, 0.3) is 0 Å². The molecule has 0 aliphatic heterocycles. The number of hydrogen-bond donors (Lipinski definition) is 1. The van der Waals surface area contributed by atoms with E-state index in [2.05, 4.69) is 48.3 Å². The summed E-state index contributed by atoms with van der Waals surface area (Å²) < 4.78 is 6.07. The van der Waals surface area contributed by atoms with Crippen molar-refractivity contribution in [2.75, 3.05) is 11.9 Å². The van der Waals surface area contributed by atoms with Crippen LogP contribution in [0.15, 0.2) is 104 Å². The Labute approximate surface area is 149 Å². The highest BCUT2D eigenvalue weighted by atomic mass is 16.5. The van der Waals surface area contributed by atoms with Crippen LogP contribution in [0.1, 0.15) is 11.1 Å². The summed E-state index contributed by atoms with van der Waals surface area (Å²) in [5.41, 5.74) is 2.84. The van der Waals surface area contributed by atoms with E-state index in [1.165, 1.54) is 0 Å². The first-order valence-corrected chi connectivity index (χ1v) is 8.46. The average molecular weight is 329 g/mol. The highest BCUT2D eigenvalue weighted by Crippen LogP contribution is 2.28. The van der Waals surface area contributed by atoms with Gasteiger partial charge >= 0.3 is 0 Å². The van der Waals surface area contributed by atoms with E-state index in [4.69, 9.17) is 4.74 Å². The molecular weight excluding hydrogens is 306 g/mol. The Morgan fingerprint density at radius 2 is 1.36 bits per heavy atom. The summed E-state index contributed by atoms with van der Waals surface area (Å²) in [6, 6.07) is 30.7. The molecule has 0 saturated carbocycles. The third-order valence-corrected chi connectivity index (χ3v) is 4.22. The van der Waals surface area contributed by atoms with Crippen LogP contribution in [0.4, 0.5) is 5.69 Å². The highest BCUT2D eigenvalue weighted by molar-refractivity contribution is 5.50. The van der Waals surface area contributed by atoms with Crippen molar-refractivity contribution in [2.24, 2.45) is 0 Å². The minimum Gasteiger partial charge on any atom is -0.374 e. The van der Waals surface area contributed by atoms with E-state index in [1.807, 2.05) is 60.7 Å². The number of benzene rings is 3. The van der Waals surface area contributed by atoms with E-state index >= 15 is 0 Å². The zero-order chi connectivity index (χ0) is 17.4. The number of rotatable bonds is 8. The van der Waals surface area contributed by atoms with Crippen LogP contribution in [0.3, 0.4) is 0 Å². The van der Waals surface area contributed by atoms with E-state index in [9.17, 15) is 0 Å². The van der Waals surface area contributed by atoms with E-state index < -0.39 is 5.54 Å². The fraction of sp³-hybridized carbons (Fsp3) is 0.130. The van der Waals surface area contributed by atoms with Crippen molar-refractivity contribution in [2.45, 2.75) is 12.1 Å². The maximum atomic E-state index is 6.07. The fourth-order valence-corrected chi connectivity index (χ4v) is 2.84. The quantitative estimate of drug-likeness (QED) is 0.559. The van der Waals surface area contributed by atoms with Gasteiger partial charge in [0.1, 0.15) is 5.54 Å². The Morgan fingerprint density at radius 1 is 0.800 bits per heavy atom. The molecule has 0 unspecified atom stereocenters. The first-order chi connectivity index (χ1) is 12.3. The lowest BCUT2D eigenvalue weighted by atomic mass is 9.90. The van der Waals surface area contributed by atoms with Gasteiger partial charge in [-0.05, 0) is 23.3 Å². The molecule has 0 fully saturated rings. The van der Waals surface area contributed by atoms with Crippen molar-refractivity contribution >= 4 is 5.69 Å². The van der Waals surface area contributed by atoms with E-state index in [0.29, 0.717) is 13.2 Å². The highest BCUT2D eigenvalue weighted by Gasteiger charge is 2.29. The minimum atomic E-state index is -0.489. The zero-order valence-corrected chi connectivity index (χ0v) is 14.3. The Hall–Kier alpha value is -2.84. The molecular formula is C23H23NO. The number of para-hydroxylation sites is 1. The largest absolute Gasteiger partial charge is 0.374 e. The van der Waals surface area contributed by atoms with Gasteiger partial charge in [0, 0.05) is 5.69 Å². The summed E-state index contributed by atoms with van der Waals surface area (Å²) in [6.45, 7) is 5.15. The van der Waals surface area contributed by atoms with Gasteiger partial charge in [0.25, 0.3) is 0 Å². The van der Waals surface area contributed by atoms with Gasteiger partial charge in [-0.3, -0.25) is 0 Å². The van der Waals surface area contributed by atoms with Crippen LogP contribution < -0.4 is 5.32 Å². The third-order valence-electron chi connectivity index (χ3n) is 4.22. The second-order valence-electron chi connectivity index (χ2n) is 6.01. The molecule has 0 heterocycles. The van der Waals surface area contributed by atoms with Crippen molar-refractivity contribution in [1.29, 1.82) is 0 Å². The first-order valence-electron chi connectivity index (χ1n) is 8.46. The van der Waals surface area contributed by atoms with Gasteiger partial charge in [0.2, 0.25) is 0 Å². The van der Waals surface area contributed by atoms with E-state index in [0.717, 1.165) is 16.8 Å². The van der Waals surface area contributed by atoms with Gasteiger partial charge in [0.15, 0.2) is 0 Å². The molecule has 0 bridgehead atoms. The monoisotopic (exact) mass is 329 g/mol. The van der Waals surface area contributed by atoms with Crippen molar-refractivity contribution in [3.63, 3.8) is 0 Å². The zero-order valence-electron chi connectivity index (χ0n) is 14.3. The molecule has 1 N–H and O–H groups in total. The van der Waals surface area contributed by atoms with Crippen molar-refractivity contribution < 1.29 is 4.74 Å². The smallest absolute Gasteiger partial charge is 0.104 e. The van der Waals surface area contributed by atoms with Gasteiger partial charge in [-0.2, -0.15) is 0 Å². The standard InChI is InChI=1S/C23H23NO/c1-2-23(21-14-8-4-9-15-21,24-22-16-10-5-11-17-22)19-25-18-20-12-6-3-7-13-20/h2-17,24H,1,18-19H2/t23-/m1/s1. The molecule has 0 aliphatic carbocycles. The van der Waals surface area contributed by atoms with Crippen LogP contribution in [0.5, 0.6) is 0 Å². The molecule has 25 heavy (non-hydrogen) atoms. The van der Waals surface area contributed by atoms with Crippen LogP contribution in [-0.2, 0) is 16.9 Å². The number of anilines is 1. The van der Waals surface area contributed by atoms with E-state index in [1.54, 1.807) is 0 Å². The predicted octanol–water partition coefficient (Wildman–Crippen LogP) is 5.40. The molecule has 3 rings (SSSR count). The molecule has 0 aromatic heterocycles. The molecule has 126 valence electrons. The van der Waals surface area contributed by atoms with Gasteiger partial charge in [0.05, 0.1) is 13.2 Å². The second kappa shape index (κ2) is 8.32. The Morgan fingerprint density at radius 3 is 1.96 bits per heavy atom. The Balaban J connectivity index is 1.81. The molecule has 3 aromatic carbocycles.